The van der Waals surface area contributed by atoms with Crippen molar-refractivity contribution in [1.82, 2.24) is 0 Å². The first-order valence-electron chi connectivity index (χ1n) is 39.5. The molecule has 6 aromatic rings. The Morgan fingerprint density at radius 3 is 0.278 bits per heavy atom. The molecule has 0 saturated carbocycles. The Morgan fingerprint density at radius 1 is 0.157 bits per heavy atom. The number of rotatable bonds is 12. The van der Waals surface area contributed by atoms with Crippen molar-refractivity contribution in [2.45, 2.75) is 236 Å². The van der Waals surface area contributed by atoms with E-state index in [1.54, 1.807) is 0 Å². The number of aromatic nitrogens is 6. The summed E-state index contributed by atoms with van der Waals surface area (Å²) in [7, 11) is -23.1. The van der Waals surface area contributed by atoms with Crippen LogP contribution in [0.5, 0.6) is 0 Å². The zero-order valence-electron chi connectivity index (χ0n) is 72.2. The van der Waals surface area contributed by atoms with Gasteiger partial charge in [-0.25, -0.2) is 0 Å². The van der Waals surface area contributed by atoms with Crippen molar-refractivity contribution in [1.29, 1.82) is 0 Å². The Balaban J connectivity index is 0.000000143. The van der Waals surface area contributed by atoms with Crippen LogP contribution in [0.3, 0.4) is 0 Å². The maximum Gasteiger partial charge on any atom is 0.549 e. The Labute approximate surface area is 692 Å². The van der Waals surface area contributed by atoms with Crippen LogP contribution in [-0.4, -0.2) is 135 Å². The molecule has 0 radical (unpaired) electrons. The summed E-state index contributed by atoms with van der Waals surface area (Å²) in [6.07, 6.45) is 0. The van der Waals surface area contributed by atoms with Crippen molar-refractivity contribution in [3.8, 4) is 0 Å². The molecule has 0 aromatic carbocycles. The first-order chi connectivity index (χ1) is 48.6. The molecule has 0 aliphatic carbocycles. The minimum absolute atomic E-state index is 1.17. The molecule has 0 unspecified atom stereocenters. The molecule has 9 aliphatic heterocycles. The number of anilines is 12. The predicted molar refractivity (Wildman–Crippen MR) is 512 cm³/mol. The molecule has 588 valence electrons. The molecule has 15 rings (SSSR count). The third-order valence-corrected chi connectivity index (χ3v) is 53.3. The molecule has 42 heteroatoms. The molecule has 15 heterocycles. The van der Waals surface area contributed by atoms with Gasteiger partial charge in [-0.15, -0.1) is 0 Å². The fourth-order valence-electron chi connectivity index (χ4n) is 21.2. The minimum Gasteiger partial charge on any atom is -0.447 e. The third-order valence-electron chi connectivity index (χ3n) is 23.5. The van der Waals surface area contributed by atoms with Crippen molar-refractivity contribution in [2.24, 2.45) is 0 Å². The van der Waals surface area contributed by atoms with Crippen molar-refractivity contribution >= 4 is 273 Å². The predicted octanol–water partition coefficient (Wildman–Crippen LogP) is 16.8. The van der Waals surface area contributed by atoms with E-state index in [2.05, 4.69) is 425 Å². The monoisotopic (exact) mass is 1780 g/mol. The van der Waals surface area contributed by atoms with Gasteiger partial charge >= 0.3 is 35.8 Å². The highest BCUT2D eigenvalue weighted by molar-refractivity contribution is 7.35. The number of pyridine rings is 6. The maximum atomic E-state index is 8.12. The van der Waals surface area contributed by atoms with Crippen molar-refractivity contribution in [2.75, 3.05) is 53.7 Å². The van der Waals surface area contributed by atoms with E-state index < -0.39 is 135 Å². The zero-order valence-corrected chi connectivity index (χ0v) is 88.7. The Bertz CT molecular complexity index is 4000. The summed E-state index contributed by atoms with van der Waals surface area (Å²) in [6, 6.07) is 40.4. The smallest absolute Gasteiger partial charge is 0.447 e. The first-order valence-corrected chi connectivity index (χ1v) is 83.5. The molecule has 6 aromatic heterocycles. The zero-order chi connectivity index (χ0) is 81.0. The second kappa shape index (κ2) is 24.4. The fourth-order valence-corrected chi connectivity index (χ4v) is 59.8. The number of hydrogen-bond acceptors (Lipinski definition) is 12. The van der Waals surface area contributed by atoms with Crippen LogP contribution < -0.4 is 80.6 Å². The van der Waals surface area contributed by atoms with Crippen LogP contribution in [0.1, 0.15) is 0 Å². The van der Waals surface area contributed by atoms with Crippen molar-refractivity contribution < 1.29 is 26.9 Å². The van der Waals surface area contributed by atoms with Crippen LogP contribution in [0.15, 0.2) is 109 Å². The lowest BCUT2D eigenvalue weighted by Gasteiger charge is -2.71. The van der Waals surface area contributed by atoms with Gasteiger partial charge in [0.1, 0.15) is 69.8 Å². The molecule has 18 nitrogen and oxygen atoms in total. The highest BCUT2D eigenvalue weighted by Gasteiger charge is 2.77. The maximum absolute atomic E-state index is 8.12. The van der Waals surface area contributed by atoms with Crippen LogP contribution in [0.25, 0.3) is 0 Å². The summed E-state index contributed by atoms with van der Waals surface area (Å²) in [4.78, 5) is 0. The van der Waals surface area contributed by atoms with Gasteiger partial charge < -0.3 is 80.6 Å². The molecular formula is C66H126B6Cl6N18Si12. The van der Waals surface area contributed by atoms with E-state index >= 15 is 0 Å². The molecule has 9 aliphatic rings. The van der Waals surface area contributed by atoms with Gasteiger partial charge in [0, 0.05) is 72.8 Å². The van der Waals surface area contributed by atoms with E-state index in [0.717, 1.165) is 0 Å². The van der Waals surface area contributed by atoms with E-state index in [4.69, 9.17) is 68.8 Å². The molecule has 0 spiro atoms. The Morgan fingerprint density at radius 2 is 0.222 bits per heavy atom. The first kappa shape index (κ1) is 83.2. The summed E-state index contributed by atoms with van der Waals surface area (Å²) < 4.78 is 46.1. The summed E-state index contributed by atoms with van der Waals surface area (Å²) in [5, 5.41) is 0. The summed E-state index contributed by atoms with van der Waals surface area (Å²) in [6.45, 7) is 86.8. The van der Waals surface area contributed by atoms with E-state index in [1.807, 2.05) is 0 Å². The lowest BCUT2D eigenvalue weighted by Crippen LogP contribution is -3.02. The molecule has 0 fully saturated rings. The molecular weight excluding hydrogens is 1660 g/mol. The van der Waals surface area contributed by atoms with Gasteiger partial charge in [-0.05, 0) is 272 Å². The van der Waals surface area contributed by atoms with Gasteiger partial charge in [-0.1, -0.05) is 0 Å². The van der Waals surface area contributed by atoms with Gasteiger partial charge in [0.25, 0.3) is 0 Å². The van der Waals surface area contributed by atoms with Crippen LogP contribution in [0.2, 0.25) is 236 Å². The molecule has 0 bridgehead atoms. The highest BCUT2D eigenvalue weighted by Crippen LogP contribution is 2.55. The summed E-state index contributed by atoms with van der Waals surface area (Å²) >= 11 is 48.7. The largest absolute Gasteiger partial charge is 0.549 e. The molecule has 108 heavy (non-hydrogen) atoms. The van der Waals surface area contributed by atoms with E-state index in [9.17, 15) is 0 Å². The molecule has 0 N–H and O–H groups in total. The highest BCUT2D eigenvalue weighted by atomic mass is 35.5. The Hall–Kier alpha value is -2.77. The molecule has 0 saturated heterocycles. The lowest BCUT2D eigenvalue weighted by molar-refractivity contribution is -0.554. The number of halogens is 6. The van der Waals surface area contributed by atoms with E-state index in [0.29, 0.717) is 0 Å². The van der Waals surface area contributed by atoms with Gasteiger partial charge in [0.15, 0.2) is 98.8 Å². The number of nitrogens with zero attached hydrogens (tertiary/aromatic N) is 18. The minimum atomic E-state index is -2.01. The average Bonchev–Trinajstić information content (AvgIpc) is 0.656. The van der Waals surface area contributed by atoms with Gasteiger partial charge in [-0.3, -0.25) is 68.8 Å². The Kier molecular flexibility index (Phi) is 18.8. The molecule has 0 atom stereocenters. The van der Waals surface area contributed by atoms with Gasteiger partial charge in [0.2, 0.25) is 0 Å². The third kappa shape index (κ3) is 11.3. The fraction of sp³-hybridized carbons (Fsp3) is 0.545. The van der Waals surface area contributed by atoms with Gasteiger partial charge in [-0.2, -0.15) is 0 Å². The average molecular weight is 1790 g/mol. The normalized spacial score (nSPS) is 25.5. The van der Waals surface area contributed by atoms with E-state index in [-0.39, 0.29) is 0 Å². The van der Waals surface area contributed by atoms with Gasteiger partial charge in [0.05, 0.1) is 0 Å². The lowest BCUT2D eigenvalue weighted by atomic mass is 9.77. The SMILES string of the molecule is C[Si](C)(C)N1c2cccc3[n+]2[B@-]1(Cl)N([Si](C)(C)C)c1cccc2[n+]1[B@@-](Cl)(N3[Si](C)(C)C)N2[Si](C)(C)C.C[Si](C)(C)N1c2cccc3[n+]2[B@-]1(Cl)N([Si](C)(C)C)c1cccc2[n+]1[B@@-](Cl)(N3[Si](C)(C)C)N2[Si](C)(C)C.C[Si](C)(C)N1c2cccc3[n+]2[B@-]1(Cl)N([Si](C)(C)C)c1cccc2[n+]1[B@@-](Cl)(N3[Si](C)(C)C)N2[Si](C)(C)C. The second-order valence-corrected chi connectivity index (χ2v) is 105. The topological polar surface area (TPSA) is 62.2 Å². The van der Waals surface area contributed by atoms with Crippen LogP contribution in [-0.2, 0) is 0 Å². The van der Waals surface area contributed by atoms with E-state index in [1.165, 1.54) is 69.8 Å². The van der Waals surface area contributed by atoms with Crippen LogP contribution >= 0.6 is 68.8 Å². The number of hydrogen-bond donors (Lipinski definition) is 0. The van der Waals surface area contributed by atoms with Crippen molar-refractivity contribution in [3.05, 3.63) is 109 Å². The summed E-state index contributed by atoms with van der Waals surface area (Å²) in [5.74, 6) is 4.03. The van der Waals surface area contributed by atoms with Crippen LogP contribution in [0.4, 0.5) is 69.8 Å². The second-order valence-electron chi connectivity index (χ2n) is 44.0. The summed E-state index contributed by atoms with van der Waals surface area (Å²) in [5.41, 5.74) is 0. The van der Waals surface area contributed by atoms with Crippen LogP contribution in [0, 0.1) is 0 Å². The quantitative estimate of drug-likeness (QED) is 0.110. The standard InChI is InChI=1S/3C22H42B2Cl2N6Si4/c3*1-33(2,3)29-19-15-13-17-21-27(19)23(29,25)31(35(7,8)9)22-18-14-16-20-28(22)24(26,30(20)34(4,5)6)32(21)36(10,11)12/h3*13-18H,1-12H3/t3*23-,24+. The van der Waals surface area contributed by atoms with Crippen molar-refractivity contribution in [3.63, 3.8) is 0 Å². The molecule has 0 amide bonds.